The van der Waals surface area contributed by atoms with Crippen molar-refractivity contribution in [3.8, 4) is 23.7 Å². The van der Waals surface area contributed by atoms with Crippen LogP contribution in [0.15, 0.2) is 109 Å². The van der Waals surface area contributed by atoms with Crippen LogP contribution in [0, 0.1) is 23.7 Å². The lowest BCUT2D eigenvalue weighted by Crippen LogP contribution is -2.03. The fourth-order valence-corrected chi connectivity index (χ4v) is 3.13. The van der Waals surface area contributed by atoms with Crippen molar-refractivity contribution in [3.05, 3.63) is 143 Å². The Kier molecular flexibility index (Phi) is 6.58. The van der Waals surface area contributed by atoms with Gasteiger partial charge in [0.1, 0.15) is 6.10 Å². The van der Waals surface area contributed by atoms with Gasteiger partial charge >= 0.3 is 0 Å². The van der Waals surface area contributed by atoms with Crippen LogP contribution in [0.25, 0.3) is 0 Å². The van der Waals surface area contributed by atoms with Crippen LogP contribution in [0.4, 0.5) is 0 Å². The van der Waals surface area contributed by atoms with Crippen LogP contribution in [-0.4, -0.2) is 5.26 Å². The van der Waals surface area contributed by atoms with E-state index in [4.69, 9.17) is 4.89 Å². The third kappa shape index (κ3) is 5.50. The van der Waals surface area contributed by atoms with Crippen LogP contribution >= 0.6 is 0 Å². The molecule has 0 amide bonds. The van der Waals surface area contributed by atoms with E-state index < -0.39 is 6.10 Å². The van der Waals surface area contributed by atoms with Gasteiger partial charge in [0, 0.05) is 22.3 Å². The zero-order chi connectivity index (χ0) is 21.3. The van der Waals surface area contributed by atoms with Crippen molar-refractivity contribution in [2.45, 2.75) is 6.10 Å². The number of hydrogen-bond acceptors (Lipinski definition) is 2. The van der Waals surface area contributed by atoms with E-state index in [-0.39, 0.29) is 0 Å². The highest BCUT2D eigenvalue weighted by Crippen LogP contribution is 2.25. The van der Waals surface area contributed by atoms with E-state index in [9.17, 15) is 5.26 Å². The Labute approximate surface area is 182 Å². The van der Waals surface area contributed by atoms with E-state index in [1.54, 1.807) is 0 Å². The molecule has 4 aromatic rings. The summed E-state index contributed by atoms with van der Waals surface area (Å²) in [5.41, 5.74) is 5.52. The van der Waals surface area contributed by atoms with Gasteiger partial charge in [-0.15, -0.1) is 0 Å². The van der Waals surface area contributed by atoms with Gasteiger partial charge in [0.05, 0.1) is 0 Å². The van der Waals surface area contributed by atoms with E-state index in [1.165, 1.54) is 0 Å². The molecule has 0 bridgehead atoms. The van der Waals surface area contributed by atoms with Gasteiger partial charge in [-0.05, 0) is 59.7 Å². The third-order valence-corrected chi connectivity index (χ3v) is 4.78. The van der Waals surface area contributed by atoms with Crippen LogP contribution in [0.2, 0.25) is 0 Å². The lowest BCUT2D eigenvalue weighted by atomic mass is 10.0. The largest absolute Gasteiger partial charge is 0.251 e. The molecule has 0 aliphatic rings. The van der Waals surface area contributed by atoms with Gasteiger partial charge in [-0.2, -0.15) is 0 Å². The van der Waals surface area contributed by atoms with Crippen molar-refractivity contribution in [2.75, 3.05) is 0 Å². The Morgan fingerprint density at radius 1 is 0.452 bits per heavy atom. The van der Waals surface area contributed by atoms with Crippen molar-refractivity contribution in [2.24, 2.45) is 0 Å². The monoisotopic (exact) mass is 400 g/mol. The molecule has 0 saturated heterocycles. The average Bonchev–Trinajstić information content (AvgIpc) is 2.85. The van der Waals surface area contributed by atoms with E-state index >= 15 is 0 Å². The van der Waals surface area contributed by atoms with Crippen LogP contribution in [-0.2, 0) is 4.89 Å². The molecule has 0 spiro atoms. The Balaban J connectivity index is 1.45. The summed E-state index contributed by atoms with van der Waals surface area (Å²) in [5.74, 6) is 12.7. The van der Waals surface area contributed by atoms with Crippen LogP contribution in [0.1, 0.15) is 39.5 Å². The van der Waals surface area contributed by atoms with Crippen molar-refractivity contribution in [1.82, 2.24) is 0 Å². The second-order valence-electron chi connectivity index (χ2n) is 6.96. The molecule has 0 aliphatic heterocycles. The molecule has 148 valence electrons. The molecule has 1 unspecified atom stereocenters. The summed E-state index contributed by atoms with van der Waals surface area (Å²) in [6.45, 7) is 0. The maximum absolute atomic E-state index is 9.34. The maximum atomic E-state index is 9.34. The molecule has 0 aliphatic carbocycles. The molecule has 0 aromatic heterocycles. The topological polar surface area (TPSA) is 29.5 Å². The first-order valence-electron chi connectivity index (χ1n) is 9.96. The average molecular weight is 400 g/mol. The molecule has 0 radical (unpaired) electrons. The number of hydrogen-bond donors (Lipinski definition) is 1. The first-order chi connectivity index (χ1) is 15.3. The summed E-state index contributed by atoms with van der Waals surface area (Å²) in [7, 11) is 0. The zero-order valence-corrected chi connectivity index (χ0v) is 16.8. The smallest absolute Gasteiger partial charge is 0.143 e. The quantitative estimate of drug-likeness (QED) is 0.257. The lowest BCUT2D eigenvalue weighted by molar-refractivity contribution is -0.270. The molecule has 2 heteroatoms. The molecule has 0 heterocycles. The highest BCUT2D eigenvalue weighted by molar-refractivity contribution is 5.48. The lowest BCUT2D eigenvalue weighted by Gasteiger charge is -2.14. The Morgan fingerprint density at radius 3 is 1.26 bits per heavy atom. The minimum absolute atomic E-state index is 0.521. The molecule has 4 aromatic carbocycles. The molecule has 1 N–H and O–H groups in total. The Bertz CT molecular complexity index is 1240. The second-order valence-corrected chi connectivity index (χ2v) is 6.96. The molecule has 0 fully saturated rings. The second kappa shape index (κ2) is 10.1. The summed E-state index contributed by atoms with van der Waals surface area (Å²) in [6, 6.07) is 35.1. The standard InChI is InChI=1S/C29H20O2/c30-31-29(27-9-5-2-6-10-27)28-21-19-26(20-22-28)18-17-25-15-13-24(14-16-25)12-11-23-7-3-1-4-8-23/h1-10,13-16,19-22,29-30H. The molecule has 2 nitrogen and oxygen atoms in total. The van der Waals surface area contributed by atoms with Crippen LogP contribution in [0.5, 0.6) is 0 Å². The highest BCUT2D eigenvalue weighted by atomic mass is 17.1. The van der Waals surface area contributed by atoms with E-state index in [1.807, 2.05) is 109 Å². The van der Waals surface area contributed by atoms with Crippen molar-refractivity contribution >= 4 is 0 Å². The van der Waals surface area contributed by atoms with Crippen molar-refractivity contribution in [3.63, 3.8) is 0 Å². The highest BCUT2D eigenvalue weighted by Gasteiger charge is 2.14. The van der Waals surface area contributed by atoms with Gasteiger partial charge < -0.3 is 0 Å². The van der Waals surface area contributed by atoms with Gasteiger partial charge in [0.15, 0.2) is 0 Å². The van der Waals surface area contributed by atoms with Gasteiger partial charge in [0.25, 0.3) is 0 Å². The molecule has 1 atom stereocenters. The molecule has 4 rings (SSSR count). The molecular formula is C29H20O2. The normalized spacial score (nSPS) is 10.9. The predicted octanol–water partition coefficient (Wildman–Crippen LogP) is 6.07. The number of benzene rings is 4. The van der Waals surface area contributed by atoms with Crippen LogP contribution < -0.4 is 0 Å². The molecule has 31 heavy (non-hydrogen) atoms. The van der Waals surface area contributed by atoms with Gasteiger partial charge in [-0.3, -0.25) is 5.26 Å². The minimum Gasteiger partial charge on any atom is -0.251 e. The summed E-state index contributed by atoms with van der Waals surface area (Å²) in [4.78, 5) is 4.70. The summed E-state index contributed by atoms with van der Waals surface area (Å²) in [5, 5.41) is 9.34. The summed E-state index contributed by atoms with van der Waals surface area (Å²) >= 11 is 0. The van der Waals surface area contributed by atoms with Gasteiger partial charge in [0.2, 0.25) is 0 Å². The van der Waals surface area contributed by atoms with Crippen molar-refractivity contribution in [1.29, 1.82) is 0 Å². The van der Waals surface area contributed by atoms with E-state index in [2.05, 4.69) is 23.7 Å². The molecular weight excluding hydrogens is 380 g/mol. The number of rotatable bonds is 3. The van der Waals surface area contributed by atoms with Crippen molar-refractivity contribution < 1.29 is 10.1 Å². The van der Waals surface area contributed by atoms with Crippen LogP contribution in [0.3, 0.4) is 0 Å². The Hall–Kier alpha value is -4.08. The van der Waals surface area contributed by atoms with E-state index in [0.717, 1.165) is 33.4 Å². The third-order valence-electron chi connectivity index (χ3n) is 4.78. The molecule has 0 saturated carbocycles. The maximum Gasteiger partial charge on any atom is 0.143 e. The zero-order valence-electron chi connectivity index (χ0n) is 16.8. The Morgan fingerprint density at radius 2 is 0.806 bits per heavy atom. The fourth-order valence-electron chi connectivity index (χ4n) is 3.13. The van der Waals surface area contributed by atoms with Gasteiger partial charge in [-0.1, -0.05) is 84.3 Å². The first kappa shape index (κ1) is 20.2. The summed E-state index contributed by atoms with van der Waals surface area (Å²) in [6.07, 6.45) is -0.521. The summed E-state index contributed by atoms with van der Waals surface area (Å²) < 4.78 is 0. The minimum atomic E-state index is -0.521. The van der Waals surface area contributed by atoms with E-state index in [0.29, 0.717) is 0 Å². The SMILES string of the molecule is OOC(c1ccccc1)c1ccc(C#Cc2ccc(C#Cc3ccccc3)cc2)cc1. The predicted molar refractivity (Wildman–Crippen MR) is 123 cm³/mol. The fraction of sp³-hybridized carbons (Fsp3) is 0.0345. The van der Waals surface area contributed by atoms with Gasteiger partial charge in [-0.25, -0.2) is 4.89 Å². The first-order valence-corrected chi connectivity index (χ1v) is 9.96.